The number of terminal acetylenes is 1. The SMILES string of the molecule is C#Cc1ccc2c(c1)c1cc(C#N)ccc1n2C(C)(C)C.CC(C)(C)n1c2ccccc2c2cccc(-n3c4ccccc4c4ccccc43)c21.CC(C)(C)n1cccc1.CC(C)N(c1ccccc1)c1ccccc1.Cc1ccc(C)n1C(C)(C)C.Cc1ccc(C)n1C(C)(C)C. The molecule has 6 heterocycles. The van der Waals surface area contributed by atoms with Crippen molar-refractivity contribution in [2.24, 2.45) is 0 Å². The Bertz CT molecular complexity index is 4820. The first-order valence-corrected chi connectivity index (χ1v) is 34.6. The zero-order valence-electron chi connectivity index (χ0n) is 62.2. The molecule has 0 radical (unpaired) electrons. The summed E-state index contributed by atoms with van der Waals surface area (Å²) in [6.45, 7) is 46.4. The summed E-state index contributed by atoms with van der Waals surface area (Å²) < 4.78 is 14.1. The molecule has 0 saturated carbocycles. The van der Waals surface area contributed by atoms with E-state index in [1.807, 2.05) is 54.6 Å². The molecule has 0 aliphatic carbocycles. The van der Waals surface area contributed by atoms with Crippen LogP contribution in [0.3, 0.4) is 0 Å². The van der Waals surface area contributed by atoms with Gasteiger partial charge in [-0.3, -0.25) is 0 Å². The number of anilines is 2. The van der Waals surface area contributed by atoms with Crippen molar-refractivity contribution < 1.29 is 0 Å². The third kappa shape index (κ3) is 15.8. The molecule has 0 amide bonds. The number of rotatable bonds is 4. The van der Waals surface area contributed by atoms with Crippen LogP contribution in [0.5, 0.6) is 0 Å². The predicted molar refractivity (Wildman–Crippen MR) is 423 cm³/mol. The van der Waals surface area contributed by atoms with Crippen LogP contribution < -0.4 is 4.90 Å². The molecule has 0 fully saturated rings. The highest BCUT2D eigenvalue weighted by molar-refractivity contribution is 6.14. The van der Waals surface area contributed by atoms with Crippen LogP contribution in [0.15, 0.2) is 237 Å². The van der Waals surface area contributed by atoms with Gasteiger partial charge in [0.2, 0.25) is 0 Å². The summed E-state index contributed by atoms with van der Waals surface area (Å²) in [7, 11) is 0. The maximum Gasteiger partial charge on any atom is 0.0991 e. The smallest absolute Gasteiger partial charge is 0.0991 e. The highest BCUT2D eigenvalue weighted by Crippen LogP contribution is 2.41. The van der Waals surface area contributed by atoms with Gasteiger partial charge in [-0.25, -0.2) is 0 Å². The van der Waals surface area contributed by atoms with Crippen LogP contribution in [0.2, 0.25) is 0 Å². The molecule has 0 bridgehead atoms. The molecule has 0 N–H and O–H groups in total. The van der Waals surface area contributed by atoms with Crippen molar-refractivity contribution in [3.05, 3.63) is 271 Å². The summed E-state index contributed by atoms with van der Waals surface area (Å²) >= 11 is 0. The highest BCUT2D eigenvalue weighted by atomic mass is 15.2. The fraction of sp³-hybridized carbons (Fsp3) is 0.300. The molecule has 98 heavy (non-hydrogen) atoms. The van der Waals surface area contributed by atoms with E-state index in [0.29, 0.717) is 11.6 Å². The van der Waals surface area contributed by atoms with Crippen molar-refractivity contribution in [3.63, 3.8) is 0 Å². The molecule has 0 spiro atoms. The molecule has 6 aromatic heterocycles. The lowest BCUT2D eigenvalue weighted by atomic mass is 10.1. The first-order chi connectivity index (χ1) is 46.3. The van der Waals surface area contributed by atoms with Gasteiger partial charge in [0.15, 0.2) is 0 Å². The van der Waals surface area contributed by atoms with Crippen molar-refractivity contribution in [3.8, 4) is 24.1 Å². The number of nitrogens with zero attached hydrogens (tertiary/aromatic N) is 8. The van der Waals surface area contributed by atoms with E-state index in [-0.39, 0.29) is 27.7 Å². The van der Waals surface area contributed by atoms with Crippen LogP contribution in [-0.4, -0.2) is 33.4 Å². The summed E-state index contributed by atoms with van der Waals surface area (Å²) in [6, 6.07) is 81.3. The average molecular weight is 1300 g/mol. The normalized spacial score (nSPS) is 11.8. The number of aryl methyl sites for hydroxylation is 4. The molecule has 0 unspecified atom stereocenters. The number of para-hydroxylation sites is 6. The van der Waals surface area contributed by atoms with Crippen LogP contribution in [0.25, 0.3) is 71.1 Å². The molecular formula is C90H104N8. The first kappa shape index (κ1) is 72.1. The Morgan fingerprint density at radius 2 is 0.704 bits per heavy atom. The standard InChI is InChI=1S/C28H24N2.C19H16N2.C15H17N.2C10H17N.C8H13N/c1-28(2,3)30-25-17-9-6-13-21(25)22-14-10-18-26(27(22)30)29-23-15-7-4-11-19(23)20-12-5-8-16-24(20)29;1-5-13-6-8-17-15(10-13)16-11-14(12-20)7-9-18(16)21(17)19(2,3)4;1-13(2)16(14-9-5-3-6-10-14)15-11-7-4-8-12-15;2*1-8-6-7-9(2)11(8)10(3,4)5;1-8(2,3)9-6-4-5-7-9/h4-18H,1-3H3;1,6-11H,2-4H3;3-13H,1-2H3;2*6-7H,1-5H3;4-7H,1-3H3. The van der Waals surface area contributed by atoms with Crippen LogP contribution >= 0.6 is 0 Å². The van der Waals surface area contributed by atoms with Crippen molar-refractivity contribution in [2.75, 3.05) is 4.90 Å². The minimum atomic E-state index is -0.0498. The molecule has 0 atom stereocenters. The van der Waals surface area contributed by atoms with Gasteiger partial charge in [0, 0.05) is 135 Å². The van der Waals surface area contributed by atoms with Crippen LogP contribution in [0.4, 0.5) is 11.4 Å². The fourth-order valence-corrected chi connectivity index (χ4v) is 14.1. The fourth-order valence-electron chi connectivity index (χ4n) is 14.1. The van der Waals surface area contributed by atoms with Crippen LogP contribution in [0.1, 0.15) is 152 Å². The molecule has 14 rings (SSSR count). The lowest BCUT2D eigenvalue weighted by Crippen LogP contribution is -2.25. The summed E-state index contributed by atoms with van der Waals surface area (Å²) in [5, 5.41) is 16.5. The number of benzene rings is 8. The van der Waals surface area contributed by atoms with E-state index in [9.17, 15) is 0 Å². The minimum Gasteiger partial charge on any atom is -0.349 e. The van der Waals surface area contributed by atoms with Crippen molar-refractivity contribution in [2.45, 2.75) is 179 Å². The van der Waals surface area contributed by atoms with Gasteiger partial charge in [-0.1, -0.05) is 109 Å². The Kier molecular flexibility index (Phi) is 21.6. The number of hydrogen-bond acceptors (Lipinski definition) is 2. The first-order valence-electron chi connectivity index (χ1n) is 34.6. The van der Waals surface area contributed by atoms with E-state index < -0.39 is 0 Å². The van der Waals surface area contributed by atoms with E-state index in [1.54, 1.807) is 0 Å². The largest absolute Gasteiger partial charge is 0.349 e. The number of fused-ring (bicyclic) bond motifs is 9. The molecule has 8 heteroatoms. The van der Waals surface area contributed by atoms with Gasteiger partial charge in [-0.15, -0.1) is 6.42 Å². The third-order valence-electron chi connectivity index (χ3n) is 17.7. The van der Waals surface area contributed by atoms with Gasteiger partial charge in [0.1, 0.15) is 0 Å². The van der Waals surface area contributed by atoms with Crippen molar-refractivity contribution >= 4 is 76.8 Å². The molecule has 0 saturated heterocycles. The average Bonchev–Trinajstić information content (AvgIpc) is 1.57. The molecule has 8 aromatic carbocycles. The maximum absolute atomic E-state index is 9.15. The minimum absolute atomic E-state index is 0.0454. The molecule has 504 valence electrons. The van der Waals surface area contributed by atoms with E-state index in [2.05, 4.69) is 372 Å². The predicted octanol–water partition coefficient (Wildman–Crippen LogP) is 24.2. The highest BCUT2D eigenvalue weighted by Gasteiger charge is 2.26. The molecule has 14 aromatic rings. The quantitative estimate of drug-likeness (QED) is 0.165. The number of aromatic nitrogens is 6. The van der Waals surface area contributed by atoms with E-state index in [4.69, 9.17) is 11.7 Å². The summed E-state index contributed by atoms with van der Waals surface area (Å²) in [5.74, 6) is 2.69. The lowest BCUT2D eigenvalue weighted by molar-refractivity contribution is 0.383. The summed E-state index contributed by atoms with van der Waals surface area (Å²) in [6.07, 6.45) is 9.69. The van der Waals surface area contributed by atoms with Gasteiger partial charge < -0.3 is 32.3 Å². The van der Waals surface area contributed by atoms with Crippen molar-refractivity contribution in [1.82, 2.24) is 27.4 Å². The van der Waals surface area contributed by atoms with E-state index >= 15 is 0 Å². The number of hydrogen-bond donors (Lipinski definition) is 0. The van der Waals surface area contributed by atoms with Gasteiger partial charge in [0.25, 0.3) is 0 Å². The monoisotopic (exact) mass is 1300 g/mol. The number of nitriles is 1. The van der Waals surface area contributed by atoms with Crippen LogP contribution in [-0.2, 0) is 27.7 Å². The molecule has 0 aliphatic rings. The Hall–Kier alpha value is -10.2. The Morgan fingerprint density at radius 3 is 1.07 bits per heavy atom. The second kappa shape index (κ2) is 29.3. The lowest BCUT2D eigenvalue weighted by Gasteiger charge is -2.29. The zero-order chi connectivity index (χ0) is 71.2. The maximum atomic E-state index is 9.15. The van der Waals surface area contributed by atoms with Gasteiger partial charge in [-0.2, -0.15) is 5.26 Å². The topological polar surface area (TPSA) is 56.6 Å². The molecular weight excluding hydrogens is 1190 g/mol. The molecule has 8 nitrogen and oxygen atoms in total. The van der Waals surface area contributed by atoms with Gasteiger partial charge in [0.05, 0.1) is 33.9 Å². The Morgan fingerprint density at radius 1 is 0.347 bits per heavy atom. The van der Waals surface area contributed by atoms with Gasteiger partial charge in [-0.05, 0) is 267 Å². The van der Waals surface area contributed by atoms with Crippen molar-refractivity contribution in [1.29, 1.82) is 5.26 Å². The summed E-state index contributed by atoms with van der Waals surface area (Å²) in [5.41, 5.74) is 18.5. The Balaban J connectivity index is 0.000000146. The molecule has 0 aliphatic heterocycles. The second-order valence-electron chi connectivity index (χ2n) is 30.9. The van der Waals surface area contributed by atoms with Crippen LogP contribution in [0, 0.1) is 51.4 Å². The van der Waals surface area contributed by atoms with E-state index in [1.165, 1.54) is 83.4 Å². The summed E-state index contributed by atoms with van der Waals surface area (Å²) in [4.78, 5) is 2.33. The van der Waals surface area contributed by atoms with E-state index in [0.717, 1.165) is 27.4 Å². The second-order valence-corrected chi connectivity index (χ2v) is 30.9. The van der Waals surface area contributed by atoms with Gasteiger partial charge >= 0.3 is 0 Å². The zero-order valence-corrected chi connectivity index (χ0v) is 62.2. The third-order valence-corrected chi connectivity index (χ3v) is 17.7. The Labute approximate surface area is 585 Å².